The van der Waals surface area contributed by atoms with Crippen molar-refractivity contribution in [3.05, 3.63) is 0 Å². The summed E-state index contributed by atoms with van der Waals surface area (Å²) in [7, 11) is 0. The van der Waals surface area contributed by atoms with Crippen molar-refractivity contribution in [2.45, 2.75) is 51.6 Å². The van der Waals surface area contributed by atoms with Gasteiger partial charge in [-0.15, -0.1) is 0 Å². The summed E-state index contributed by atoms with van der Waals surface area (Å²) in [5, 5.41) is 14.1. The maximum absolute atomic E-state index is 11.8. The molecule has 1 saturated carbocycles. The fourth-order valence-corrected chi connectivity index (χ4v) is 1.76. The molecule has 7 heteroatoms. The second-order valence-electron chi connectivity index (χ2n) is 6.03. The van der Waals surface area contributed by atoms with Gasteiger partial charge in [-0.2, -0.15) is 0 Å². The van der Waals surface area contributed by atoms with Gasteiger partial charge < -0.3 is 20.6 Å². The smallest absolute Gasteiger partial charge is 0.323 e. The Morgan fingerprint density at radius 1 is 1.25 bits per heavy atom. The number of hydrogen-bond donors (Lipinski definition) is 3. The van der Waals surface area contributed by atoms with Crippen LogP contribution in [0.3, 0.4) is 0 Å². The average Bonchev–Trinajstić information content (AvgIpc) is 3.06. The van der Waals surface area contributed by atoms with Crippen LogP contribution < -0.4 is 10.6 Å². The van der Waals surface area contributed by atoms with Gasteiger partial charge in [-0.3, -0.25) is 9.59 Å². The van der Waals surface area contributed by atoms with E-state index in [0.717, 1.165) is 12.8 Å². The van der Waals surface area contributed by atoms with Crippen molar-refractivity contribution in [1.29, 1.82) is 0 Å². The van der Waals surface area contributed by atoms with E-state index in [4.69, 9.17) is 5.11 Å². The van der Waals surface area contributed by atoms with E-state index < -0.39 is 12.0 Å². The summed E-state index contributed by atoms with van der Waals surface area (Å²) in [6.45, 7) is 5.54. The van der Waals surface area contributed by atoms with Crippen LogP contribution in [0.5, 0.6) is 0 Å². The maximum Gasteiger partial charge on any atom is 0.323 e. The largest absolute Gasteiger partial charge is 0.480 e. The van der Waals surface area contributed by atoms with Crippen molar-refractivity contribution in [3.63, 3.8) is 0 Å². The van der Waals surface area contributed by atoms with E-state index in [0.29, 0.717) is 0 Å². The van der Waals surface area contributed by atoms with Crippen molar-refractivity contribution in [3.8, 4) is 0 Å². The van der Waals surface area contributed by atoms with E-state index in [1.54, 1.807) is 0 Å². The first kappa shape index (κ1) is 16.3. The molecule has 20 heavy (non-hydrogen) atoms. The lowest BCUT2D eigenvalue weighted by molar-refractivity contribution is -0.137. The Balaban J connectivity index is 2.31. The molecule has 0 saturated heterocycles. The quantitative estimate of drug-likeness (QED) is 0.663. The highest BCUT2D eigenvalue weighted by Gasteiger charge is 2.33. The van der Waals surface area contributed by atoms with Crippen molar-refractivity contribution >= 4 is 17.9 Å². The Labute approximate surface area is 118 Å². The lowest BCUT2D eigenvalue weighted by atomic mass is 10.1. The topological polar surface area (TPSA) is 98.7 Å². The van der Waals surface area contributed by atoms with E-state index in [-0.39, 0.29) is 37.0 Å². The van der Waals surface area contributed by atoms with Gasteiger partial charge in [0.2, 0.25) is 5.91 Å². The third-order valence-corrected chi connectivity index (χ3v) is 2.70. The van der Waals surface area contributed by atoms with Crippen LogP contribution in [0.4, 0.5) is 4.79 Å². The second-order valence-corrected chi connectivity index (χ2v) is 6.03. The van der Waals surface area contributed by atoms with Crippen LogP contribution in [0.15, 0.2) is 0 Å². The molecule has 0 unspecified atom stereocenters. The number of hydrogen-bond acceptors (Lipinski definition) is 3. The van der Waals surface area contributed by atoms with Gasteiger partial charge in [-0.1, -0.05) is 0 Å². The molecular weight excluding hydrogens is 262 g/mol. The fourth-order valence-electron chi connectivity index (χ4n) is 1.76. The molecule has 0 atom stereocenters. The van der Waals surface area contributed by atoms with Gasteiger partial charge in [0.15, 0.2) is 0 Å². The van der Waals surface area contributed by atoms with Crippen LogP contribution in [0, 0.1) is 0 Å². The zero-order valence-electron chi connectivity index (χ0n) is 12.2. The summed E-state index contributed by atoms with van der Waals surface area (Å²) < 4.78 is 0. The molecule has 1 aliphatic rings. The second kappa shape index (κ2) is 6.58. The van der Waals surface area contributed by atoms with Crippen molar-refractivity contribution in [2.75, 3.05) is 13.1 Å². The Morgan fingerprint density at radius 3 is 2.30 bits per heavy atom. The van der Waals surface area contributed by atoms with Crippen LogP contribution in [-0.2, 0) is 9.59 Å². The van der Waals surface area contributed by atoms with Gasteiger partial charge >= 0.3 is 12.0 Å². The number of nitrogens with one attached hydrogen (secondary N) is 2. The standard InChI is InChI=1S/C13H23N3O4/c1-13(2,3)15-10(17)6-7-14-12(20)16(8-11(18)19)9-4-5-9/h9H,4-8H2,1-3H3,(H,14,20)(H,15,17)(H,18,19). The minimum atomic E-state index is -1.03. The van der Waals surface area contributed by atoms with Gasteiger partial charge in [0.25, 0.3) is 0 Å². The maximum atomic E-state index is 11.8. The number of carboxylic acids is 1. The first-order chi connectivity index (χ1) is 9.19. The highest BCUT2D eigenvalue weighted by molar-refractivity contribution is 5.81. The molecule has 0 aromatic heterocycles. The van der Waals surface area contributed by atoms with Crippen molar-refractivity contribution < 1.29 is 19.5 Å². The first-order valence-corrected chi connectivity index (χ1v) is 6.76. The predicted octanol–water partition coefficient (Wildman–Crippen LogP) is 0.550. The Hall–Kier alpha value is -1.79. The van der Waals surface area contributed by atoms with Crippen molar-refractivity contribution in [2.24, 2.45) is 0 Å². The first-order valence-electron chi connectivity index (χ1n) is 6.76. The molecule has 0 aromatic carbocycles. The molecular formula is C13H23N3O4. The zero-order valence-corrected chi connectivity index (χ0v) is 12.2. The van der Waals surface area contributed by atoms with Gasteiger partial charge in [-0.25, -0.2) is 4.79 Å². The third kappa shape index (κ3) is 6.40. The monoisotopic (exact) mass is 285 g/mol. The van der Waals surface area contributed by atoms with Crippen LogP contribution in [0.2, 0.25) is 0 Å². The number of carboxylic acid groups (broad SMARTS) is 1. The van der Waals surface area contributed by atoms with Gasteiger partial charge in [0.05, 0.1) is 0 Å². The molecule has 0 heterocycles. The lowest BCUT2D eigenvalue weighted by Gasteiger charge is -2.22. The number of carbonyl (C=O) groups excluding carboxylic acids is 2. The molecule has 0 aliphatic heterocycles. The lowest BCUT2D eigenvalue weighted by Crippen LogP contribution is -2.46. The van der Waals surface area contributed by atoms with Gasteiger partial charge in [0, 0.05) is 24.5 Å². The molecule has 1 rings (SSSR count). The highest BCUT2D eigenvalue weighted by atomic mass is 16.4. The molecule has 114 valence electrons. The number of urea groups is 1. The van der Waals surface area contributed by atoms with Crippen LogP contribution in [0.25, 0.3) is 0 Å². The van der Waals surface area contributed by atoms with E-state index in [1.165, 1.54) is 4.90 Å². The summed E-state index contributed by atoms with van der Waals surface area (Å²) in [6, 6.07) is -0.395. The number of rotatable bonds is 6. The molecule has 0 aromatic rings. The van der Waals surface area contributed by atoms with Crippen LogP contribution >= 0.6 is 0 Å². The SMILES string of the molecule is CC(C)(C)NC(=O)CCNC(=O)N(CC(=O)O)C1CC1. The summed E-state index contributed by atoms with van der Waals surface area (Å²) in [6.07, 6.45) is 1.85. The molecule has 0 spiro atoms. The van der Waals surface area contributed by atoms with E-state index in [2.05, 4.69) is 10.6 Å². The van der Waals surface area contributed by atoms with Crippen molar-refractivity contribution in [1.82, 2.24) is 15.5 Å². The van der Waals surface area contributed by atoms with E-state index in [1.807, 2.05) is 20.8 Å². The minimum absolute atomic E-state index is 0.0227. The molecule has 3 amide bonds. The van der Waals surface area contributed by atoms with E-state index in [9.17, 15) is 14.4 Å². The Kier molecular flexibility index (Phi) is 5.35. The summed E-state index contributed by atoms with van der Waals surface area (Å²) >= 11 is 0. The molecule has 1 aliphatic carbocycles. The highest BCUT2D eigenvalue weighted by Crippen LogP contribution is 2.26. The third-order valence-electron chi connectivity index (χ3n) is 2.70. The molecule has 0 bridgehead atoms. The minimum Gasteiger partial charge on any atom is -0.480 e. The number of nitrogens with zero attached hydrogens (tertiary/aromatic N) is 1. The Morgan fingerprint density at radius 2 is 1.85 bits per heavy atom. The molecule has 3 N–H and O–H groups in total. The summed E-state index contributed by atoms with van der Waals surface area (Å²) in [4.78, 5) is 35.4. The summed E-state index contributed by atoms with van der Waals surface area (Å²) in [5.41, 5.74) is -0.301. The van der Waals surface area contributed by atoms with Gasteiger partial charge in [0.1, 0.15) is 6.54 Å². The number of amides is 3. The summed E-state index contributed by atoms with van der Waals surface area (Å²) in [5.74, 6) is -1.17. The average molecular weight is 285 g/mol. The van der Waals surface area contributed by atoms with E-state index >= 15 is 0 Å². The zero-order chi connectivity index (χ0) is 15.3. The van der Waals surface area contributed by atoms with Crippen LogP contribution in [-0.4, -0.2) is 52.6 Å². The molecule has 7 nitrogen and oxygen atoms in total. The van der Waals surface area contributed by atoms with Gasteiger partial charge in [-0.05, 0) is 33.6 Å². The molecule has 1 fully saturated rings. The van der Waals surface area contributed by atoms with Crippen LogP contribution in [0.1, 0.15) is 40.0 Å². The number of aliphatic carboxylic acids is 1. The normalized spacial score (nSPS) is 14.6. The predicted molar refractivity (Wildman–Crippen MR) is 73.3 cm³/mol. The molecule has 0 radical (unpaired) electrons. The number of carbonyl (C=O) groups is 3. The Bertz CT molecular complexity index is 386. The fraction of sp³-hybridized carbons (Fsp3) is 0.769.